The first-order chi connectivity index (χ1) is 7.32. The Kier molecular flexibility index (Phi) is 6.36. The van der Waals surface area contributed by atoms with Crippen molar-refractivity contribution in [1.29, 1.82) is 0 Å². The van der Waals surface area contributed by atoms with Crippen molar-refractivity contribution in [2.75, 3.05) is 12.8 Å². The molecule has 2 N–H and O–H groups in total. The van der Waals surface area contributed by atoms with Gasteiger partial charge in [-0.2, -0.15) is 0 Å². The van der Waals surface area contributed by atoms with Gasteiger partial charge in [-0.1, -0.05) is 12.2 Å². The number of nitrogens with two attached hydrogens (primary N) is 1. The third kappa shape index (κ3) is 5.32. The first kappa shape index (κ1) is 15.2. The zero-order valence-corrected chi connectivity index (χ0v) is 11.1. The monoisotopic (exact) mass is 247 g/mol. The molecule has 16 heavy (non-hydrogen) atoms. The molecule has 0 aromatic carbocycles. The first-order valence-corrected chi connectivity index (χ1v) is 7.15. The van der Waals surface area contributed by atoms with Crippen LogP contribution in [0.15, 0.2) is 24.0 Å². The van der Waals surface area contributed by atoms with E-state index in [1.165, 1.54) is 6.26 Å². The SMILES string of the molecule is C/C=C/C=C(/CN)OC(C)[C@@H](C)S(C)(=O)=O. The molecule has 94 valence electrons. The van der Waals surface area contributed by atoms with Crippen molar-refractivity contribution in [2.45, 2.75) is 32.1 Å². The summed E-state index contributed by atoms with van der Waals surface area (Å²) in [6.07, 6.45) is 6.19. The number of sulfone groups is 1. The van der Waals surface area contributed by atoms with Crippen LogP contribution in [0.3, 0.4) is 0 Å². The minimum Gasteiger partial charge on any atom is -0.492 e. The molecule has 0 spiro atoms. The number of hydrogen-bond donors (Lipinski definition) is 1. The second-order valence-corrected chi connectivity index (χ2v) is 6.12. The van der Waals surface area contributed by atoms with Gasteiger partial charge in [-0.3, -0.25) is 0 Å². The van der Waals surface area contributed by atoms with Crippen LogP contribution in [-0.2, 0) is 14.6 Å². The maximum absolute atomic E-state index is 11.3. The molecular formula is C11H21NO3S. The molecule has 2 atom stereocenters. The summed E-state index contributed by atoms with van der Waals surface area (Å²) in [7, 11) is -3.09. The molecule has 0 aliphatic rings. The highest BCUT2D eigenvalue weighted by Gasteiger charge is 2.23. The van der Waals surface area contributed by atoms with E-state index in [4.69, 9.17) is 10.5 Å². The van der Waals surface area contributed by atoms with Crippen LogP contribution >= 0.6 is 0 Å². The standard InChI is InChI=1S/C11H21NO3S/c1-5-6-7-11(8-12)15-9(2)10(3)16(4,13)14/h5-7,9-10H,8,12H2,1-4H3/b6-5+,11-7-/t9?,10-/m1/s1. The van der Waals surface area contributed by atoms with Crippen molar-refractivity contribution in [1.82, 2.24) is 0 Å². The van der Waals surface area contributed by atoms with Gasteiger partial charge in [0.2, 0.25) is 0 Å². The fourth-order valence-electron chi connectivity index (χ4n) is 1.04. The van der Waals surface area contributed by atoms with Crippen molar-refractivity contribution in [2.24, 2.45) is 5.73 Å². The number of rotatable bonds is 6. The van der Waals surface area contributed by atoms with Crippen LogP contribution in [0.4, 0.5) is 0 Å². The van der Waals surface area contributed by atoms with Gasteiger partial charge < -0.3 is 10.5 Å². The molecule has 0 rings (SSSR count). The van der Waals surface area contributed by atoms with Gasteiger partial charge in [0.25, 0.3) is 0 Å². The maximum atomic E-state index is 11.3. The lowest BCUT2D eigenvalue weighted by Gasteiger charge is -2.21. The number of hydrogen-bond acceptors (Lipinski definition) is 4. The van der Waals surface area contributed by atoms with Crippen LogP contribution in [-0.4, -0.2) is 32.6 Å². The van der Waals surface area contributed by atoms with Gasteiger partial charge >= 0.3 is 0 Å². The second-order valence-electron chi connectivity index (χ2n) is 3.72. The molecule has 0 bridgehead atoms. The minimum atomic E-state index is -3.09. The third-order valence-corrected chi connectivity index (χ3v) is 4.08. The van der Waals surface area contributed by atoms with Gasteiger partial charge in [-0.15, -0.1) is 0 Å². The Hall–Kier alpha value is -0.810. The largest absolute Gasteiger partial charge is 0.492 e. The van der Waals surface area contributed by atoms with Crippen LogP contribution in [0, 0.1) is 0 Å². The lowest BCUT2D eigenvalue weighted by Crippen LogP contribution is -2.31. The average Bonchev–Trinajstić information content (AvgIpc) is 2.21. The lowest BCUT2D eigenvalue weighted by molar-refractivity contribution is 0.129. The number of ether oxygens (including phenoxy) is 1. The summed E-state index contributed by atoms with van der Waals surface area (Å²) in [5, 5.41) is -0.548. The molecule has 0 radical (unpaired) electrons. The van der Waals surface area contributed by atoms with Crippen LogP contribution in [0.2, 0.25) is 0 Å². The topological polar surface area (TPSA) is 69.4 Å². The molecule has 0 amide bonds. The van der Waals surface area contributed by atoms with Crippen molar-refractivity contribution in [3.8, 4) is 0 Å². The summed E-state index contributed by atoms with van der Waals surface area (Å²) in [5.74, 6) is 0.584. The molecule has 0 saturated carbocycles. The Labute approximate surface area is 98.1 Å². The Morgan fingerprint density at radius 3 is 2.38 bits per heavy atom. The van der Waals surface area contributed by atoms with Crippen LogP contribution < -0.4 is 5.73 Å². The Bertz CT molecular complexity index is 357. The summed E-state index contributed by atoms with van der Waals surface area (Å²) >= 11 is 0. The Balaban J connectivity index is 4.60. The highest BCUT2D eigenvalue weighted by molar-refractivity contribution is 7.91. The van der Waals surface area contributed by atoms with Gasteiger partial charge in [-0.05, 0) is 26.8 Å². The molecule has 0 heterocycles. The average molecular weight is 247 g/mol. The quantitative estimate of drug-likeness (QED) is 0.566. The summed E-state index contributed by atoms with van der Waals surface area (Å²) in [6.45, 7) is 5.49. The molecule has 0 saturated heterocycles. The normalized spacial score (nSPS) is 17.4. The molecule has 4 nitrogen and oxygen atoms in total. The van der Waals surface area contributed by atoms with Gasteiger partial charge in [0, 0.05) is 6.26 Å². The van der Waals surface area contributed by atoms with E-state index in [0.29, 0.717) is 5.76 Å². The van der Waals surface area contributed by atoms with Crippen molar-refractivity contribution in [3.05, 3.63) is 24.0 Å². The van der Waals surface area contributed by atoms with Gasteiger partial charge in [-0.25, -0.2) is 8.42 Å². The molecular weight excluding hydrogens is 226 g/mol. The van der Waals surface area contributed by atoms with Crippen molar-refractivity contribution in [3.63, 3.8) is 0 Å². The Morgan fingerprint density at radius 1 is 1.44 bits per heavy atom. The first-order valence-electron chi connectivity index (χ1n) is 5.20. The molecule has 0 aliphatic heterocycles. The molecule has 0 fully saturated rings. The maximum Gasteiger partial charge on any atom is 0.153 e. The zero-order valence-electron chi connectivity index (χ0n) is 10.3. The van der Waals surface area contributed by atoms with E-state index in [0.717, 1.165) is 0 Å². The minimum absolute atomic E-state index is 0.255. The van der Waals surface area contributed by atoms with E-state index >= 15 is 0 Å². The third-order valence-electron chi connectivity index (χ3n) is 2.35. The van der Waals surface area contributed by atoms with E-state index in [1.807, 2.05) is 13.0 Å². The van der Waals surface area contributed by atoms with Crippen LogP contribution in [0.5, 0.6) is 0 Å². The highest BCUT2D eigenvalue weighted by Crippen LogP contribution is 2.11. The van der Waals surface area contributed by atoms with Gasteiger partial charge in [0.1, 0.15) is 11.9 Å². The second kappa shape index (κ2) is 6.70. The van der Waals surface area contributed by atoms with Gasteiger partial charge in [0.15, 0.2) is 9.84 Å². The van der Waals surface area contributed by atoms with Gasteiger partial charge in [0.05, 0.1) is 11.8 Å². The predicted octanol–water partition coefficient (Wildman–Crippen LogP) is 1.24. The van der Waals surface area contributed by atoms with E-state index in [1.54, 1.807) is 26.0 Å². The van der Waals surface area contributed by atoms with E-state index < -0.39 is 21.2 Å². The van der Waals surface area contributed by atoms with E-state index in [-0.39, 0.29) is 6.54 Å². The zero-order chi connectivity index (χ0) is 12.8. The number of allylic oxidation sites excluding steroid dienone is 3. The molecule has 0 aromatic heterocycles. The van der Waals surface area contributed by atoms with Crippen LogP contribution in [0.1, 0.15) is 20.8 Å². The molecule has 0 aliphatic carbocycles. The Morgan fingerprint density at radius 2 is 2.00 bits per heavy atom. The fraction of sp³-hybridized carbons (Fsp3) is 0.636. The van der Waals surface area contributed by atoms with Crippen molar-refractivity contribution >= 4 is 9.84 Å². The summed E-state index contributed by atoms with van der Waals surface area (Å²) in [5.41, 5.74) is 5.49. The van der Waals surface area contributed by atoms with E-state index in [9.17, 15) is 8.42 Å². The highest BCUT2D eigenvalue weighted by atomic mass is 32.2. The molecule has 1 unspecified atom stereocenters. The van der Waals surface area contributed by atoms with Crippen LogP contribution in [0.25, 0.3) is 0 Å². The lowest BCUT2D eigenvalue weighted by atomic mass is 10.3. The fourth-order valence-corrected chi connectivity index (χ4v) is 1.79. The summed E-state index contributed by atoms with van der Waals surface area (Å²) in [6, 6.07) is 0. The molecule has 0 aromatic rings. The summed E-state index contributed by atoms with van der Waals surface area (Å²) < 4.78 is 28.1. The molecule has 5 heteroatoms. The van der Waals surface area contributed by atoms with Crippen molar-refractivity contribution < 1.29 is 13.2 Å². The summed E-state index contributed by atoms with van der Waals surface area (Å²) in [4.78, 5) is 0. The smallest absolute Gasteiger partial charge is 0.153 e. The van der Waals surface area contributed by atoms with E-state index in [2.05, 4.69) is 0 Å². The predicted molar refractivity (Wildman–Crippen MR) is 66.8 cm³/mol.